The van der Waals surface area contributed by atoms with Crippen molar-refractivity contribution in [3.05, 3.63) is 29.8 Å². The molecule has 1 aromatic rings. The minimum Gasteiger partial charge on any atom is -0.492 e. The maximum Gasteiger partial charge on any atom is 0.191 e. The van der Waals surface area contributed by atoms with E-state index in [4.69, 9.17) is 9.47 Å². The Morgan fingerprint density at radius 1 is 1.08 bits per heavy atom. The molecule has 0 fully saturated rings. The van der Waals surface area contributed by atoms with Gasteiger partial charge in [0.05, 0.1) is 6.54 Å². The van der Waals surface area contributed by atoms with Gasteiger partial charge in [-0.25, -0.2) is 8.78 Å². The number of hydrogen-bond donors (Lipinski definition) is 2. The zero-order valence-electron chi connectivity index (χ0n) is 14.8. The van der Waals surface area contributed by atoms with Crippen LogP contribution in [0.4, 0.5) is 8.78 Å². The highest BCUT2D eigenvalue weighted by Gasteiger charge is 2.03. The van der Waals surface area contributed by atoms with E-state index in [0.717, 1.165) is 44.7 Å². The SMILES string of the molecule is CCNC(=NCCCCOCC)NCCOc1ccc(F)c(F)c1.I. The van der Waals surface area contributed by atoms with Crippen molar-refractivity contribution >= 4 is 29.9 Å². The molecule has 0 amide bonds. The van der Waals surface area contributed by atoms with Crippen LogP contribution in [-0.4, -0.2) is 45.4 Å². The molecule has 5 nitrogen and oxygen atoms in total. The Hall–Kier alpha value is -1.16. The van der Waals surface area contributed by atoms with Gasteiger partial charge >= 0.3 is 0 Å². The van der Waals surface area contributed by atoms with Gasteiger partial charge < -0.3 is 20.1 Å². The molecule has 8 heteroatoms. The van der Waals surface area contributed by atoms with Gasteiger partial charge in [-0.1, -0.05) is 0 Å². The van der Waals surface area contributed by atoms with Gasteiger partial charge in [-0.05, 0) is 38.8 Å². The van der Waals surface area contributed by atoms with Crippen molar-refractivity contribution in [3.63, 3.8) is 0 Å². The van der Waals surface area contributed by atoms with Crippen molar-refractivity contribution in [1.82, 2.24) is 10.6 Å². The molecule has 1 rings (SSSR count). The number of aliphatic imine (C=N–C) groups is 1. The average molecular weight is 471 g/mol. The Bertz CT molecular complexity index is 505. The summed E-state index contributed by atoms with van der Waals surface area (Å²) in [5.74, 6) is -0.787. The van der Waals surface area contributed by atoms with Crippen LogP contribution < -0.4 is 15.4 Å². The zero-order valence-corrected chi connectivity index (χ0v) is 17.1. The lowest BCUT2D eigenvalue weighted by Crippen LogP contribution is -2.39. The van der Waals surface area contributed by atoms with Crippen LogP contribution in [0.25, 0.3) is 0 Å². The van der Waals surface area contributed by atoms with E-state index in [9.17, 15) is 8.78 Å². The second kappa shape index (κ2) is 15.1. The van der Waals surface area contributed by atoms with E-state index in [1.165, 1.54) is 6.07 Å². The van der Waals surface area contributed by atoms with Gasteiger partial charge in [-0.3, -0.25) is 4.99 Å². The van der Waals surface area contributed by atoms with Crippen molar-refractivity contribution in [3.8, 4) is 5.75 Å². The van der Waals surface area contributed by atoms with Gasteiger partial charge in [0.25, 0.3) is 0 Å². The first-order valence-corrected chi connectivity index (χ1v) is 8.35. The van der Waals surface area contributed by atoms with E-state index in [1.807, 2.05) is 13.8 Å². The Morgan fingerprint density at radius 3 is 2.56 bits per heavy atom. The standard InChI is InChI=1S/C17H27F2N3O2.HI/c1-3-20-17(21-9-5-6-11-23-4-2)22-10-12-24-14-7-8-15(18)16(19)13-14;/h7-8,13H,3-6,9-12H2,1-2H3,(H2,20,21,22);1H. The van der Waals surface area contributed by atoms with E-state index in [0.29, 0.717) is 31.4 Å². The minimum atomic E-state index is -0.914. The summed E-state index contributed by atoms with van der Waals surface area (Å²) in [6, 6.07) is 3.48. The molecule has 0 bridgehead atoms. The molecule has 0 saturated heterocycles. The van der Waals surface area contributed by atoms with Crippen molar-refractivity contribution in [2.75, 3.05) is 39.5 Å². The number of rotatable bonds is 11. The third-order valence-corrected chi connectivity index (χ3v) is 3.07. The summed E-state index contributed by atoms with van der Waals surface area (Å²) in [5.41, 5.74) is 0. The van der Waals surface area contributed by atoms with Gasteiger partial charge in [0.15, 0.2) is 17.6 Å². The van der Waals surface area contributed by atoms with Crippen molar-refractivity contribution in [2.24, 2.45) is 4.99 Å². The maximum atomic E-state index is 13.1. The summed E-state index contributed by atoms with van der Waals surface area (Å²) in [7, 11) is 0. The summed E-state index contributed by atoms with van der Waals surface area (Å²) >= 11 is 0. The topological polar surface area (TPSA) is 54.9 Å². The number of hydrogen-bond acceptors (Lipinski definition) is 3. The first-order valence-electron chi connectivity index (χ1n) is 8.35. The highest BCUT2D eigenvalue weighted by atomic mass is 127. The lowest BCUT2D eigenvalue weighted by molar-refractivity contribution is 0.144. The molecule has 0 aromatic heterocycles. The smallest absolute Gasteiger partial charge is 0.191 e. The second-order valence-corrected chi connectivity index (χ2v) is 5.02. The zero-order chi connectivity index (χ0) is 17.6. The summed E-state index contributed by atoms with van der Waals surface area (Å²) in [6.45, 7) is 7.77. The molecule has 25 heavy (non-hydrogen) atoms. The lowest BCUT2D eigenvalue weighted by atomic mass is 10.3. The van der Waals surface area contributed by atoms with E-state index in [2.05, 4.69) is 15.6 Å². The van der Waals surface area contributed by atoms with Crippen LogP contribution in [0.3, 0.4) is 0 Å². The fourth-order valence-corrected chi connectivity index (χ4v) is 1.90. The first kappa shape index (κ1) is 23.8. The molecule has 2 N–H and O–H groups in total. The Balaban J connectivity index is 0.00000576. The maximum absolute atomic E-state index is 13.1. The van der Waals surface area contributed by atoms with Gasteiger partial charge in [0, 0.05) is 32.4 Å². The largest absolute Gasteiger partial charge is 0.492 e. The fourth-order valence-electron chi connectivity index (χ4n) is 1.90. The molecule has 0 atom stereocenters. The molecular weight excluding hydrogens is 443 g/mol. The van der Waals surface area contributed by atoms with E-state index < -0.39 is 11.6 Å². The number of ether oxygens (including phenoxy) is 2. The molecule has 0 unspecified atom stereocenters. The van der Waals surface area contributed by atoms with Crippen LogP contribution in [0, 0.1) is 11.6 Å². The molecule has 0 aliphatic carbocycles. The van der Waals surface area contributed by atoms with Crippen LogP contribution in [0.15, 0.2) is 23.2 Å². The molecule has 1 aromatic carbocycles. The van der Waals surface area contributed by atoms with Crippen LogP contribution in [-0.2, 0) is 4.74 Å². The molecule has 0 heterocycles. The third kappa shape index (κ3) is 11.1. The molecule has 0 spiro atoms. The monoisotopic (exact) mass is 471 g/mol. The van der Waals surface area contributed by atoms with Crippen LogP contribution in [0.5, 0.6) is 5.75 Å². The minimum absolute atomic E-state index is 0. The van der Waals surface area contributed by atoms with Crippen LogP contribution in [0.2, 0.25) is 0 Å². The Morgan fingerprint density at radius 2 is 1.88 bits per heavy atom. The molecule has 0 radical (unpaired) electrons. The van der Waals surface area contributed by atoms with E-state index >= 15 is 0 Å². The van der Waals surface area contributed by atoms with Gasteiger partial charge in [0.2, 0.25) is 0 Å². The van der Waals surface area contributed by atoms with Crippen molar-refractivity contribution < 1.29 is 18.3 Å². The number of nitrogens with zero attached hydrogens (tertiary/aromatic N) is 1. The Kier molecular flexibility index (Phi) is 14.4. The normalized spacial score (nSPS) is 11.0. The van der Waals surface area contributed by atoms with E-state index in [1.54, 1.807) is 0 Å². The molecule has 144 valence electrons. The van der Waals surface area contributed by atoms with Gasteiger partial charge in [0.1, 0.15) is 12.4 Å². The predicted octanol–water partition coefficient (Wildman–Crippen LogP) is 3.33. The summed E-state index contributed by atoms with van der Waals surface area (Å²) in [5, 5.41) is 6.28. The number of guanidine groups is 1. The molecule has 0 aliphatic heterocycles. The number of benzene rings is 1. The van der Waals surface area contributed by atoms with Crippen LogP contribution in [0.1, 0.15) is 26.7 Å². The summed E-state index contributed by atoms with van der Waals surface area (Å²) in [4.78, 5) is 4.46. The van der Waals surface area contributed by atoms with Gasteiger partial charge in [-0.15, -0.1) is 24.0 Å². The number of halogens is 3. The number of nitrogens with one attached hydrogen (secondary N) is 2. The average Bonchev–Trinajstić information content (AvgIpc) is 2.57. The fraction of sp³-hybridized carbons (Fsp3) is 0.588. The van der Waals surface area contributed by atoms with E-state index in [-0.39, 0.29) is 24.0 Å². The lowest BCUT2D eigenvalue weighted by Gasteiger charge is -2.12. The summed E-state index contributed by atoms with van der Waals surface area (Å²) < 4.78 is 36.5. The van der Waals surface area contributed by atoms with Gasteiger partial charge in [-0.2, -0.15) is 0 Å². The van der Waals surface area contributed by atoms with Crippen molar-refractivity contribution in [1.29, 1.82) is 0 Å². The third-order valence-electron chi connectivity index (χ3n) is 3.07. The van der Waals surface area contributed by atoms with Crippen molar-refractivity contribution in [2.45, 2.75) is 26.7 Å². The highest BCUT2D eigenvalue weighted by Crippen LogP contribution is 2.14. The predicted molar refractivity (Wildman–Crippen MR) is 107 cm³/mol. The number of unbranched alkanes of at least 4 members (excludes halogenated alkanes) is 1. The summed E-state index contributed by atoms with van der Waals surface area (Å²) in [6.07, 6.45) is 1.94. The second-order valence-electron chi connectivity index (χ2n) is 5.02. The molecular formula is C17H28F2IN3O2. The first-order chi connectivity index (χ1) is 11.7. The highest BCUT2D eigenvalue weighted by molar-refractivity contribution is 14.0. The quantitative estimate of drug-likeness (QED) is 0.225. The Labute approximate surface area is 165 Å². The molecule has 0 saturated carbocycles. The van der Waals surface area contributed by atoms with Crippen LogP contribution >= 0.6 is 24.0 Å². The molecule has 0 aliphatic rings.